The molecule has 2 amide bonds. The minimum Gasteiger partial charge on any atom is -0.268 e. The Morgan fingerprint density at radius 3 is 2.19 bits per heavy atom. The maximum atomic E-state index is 12.8. The molecule has 26 heavy (non-hydrogen) atoms. The van der Waals surface area contributed by atoms with Crippen LogP contribution < -0.4 is 4.90 Å². The van der Waals surface area contributed by atoms with Gasteiger partial charge < -0.3 is 0 Å². The van der Waals surface area contributed by atoms with E-state index in [9.17, 15) is 9.59 Å². The lowest BCUT2D eigenvalue weighted by Crippen LogP contribution is -2.29. The van der Waals surface area contributed by atoms with Crippen molar-refractivity contribution in [3.05, 3.63) is 101 Å². The normalized spacial score (nSPS) is 12.6. The third-order valence-corrected chi connectivity index (χ3v) is 4.27. The molecule has 4 rings (SSSR count). The maximum Gasteiger partial charge on any atom is 0.266 e. The Bertz CT molecular complexity index is 1090. The minimum atomic E-state index is -0.307. The van der Waals surface area contributed by atoms with Gasteiger partial charge in [0.1, 0.15) is 0 Å². The highest BCUT2D eigenvalue weighted by molar-refractivity contribution is 6.34. The van der Waals surface area contributed by atoms with Crippen molar-refractivity contribution in [3.63, 3.8) is 0 Å². The predicted molar refractivity (Wildman–Crippen MR) is 101 cm³/mol. The maximum absolute atomic E-state index is 12.8. The molecule has 0 saturated heterocycles. The van der Waals surface area contributed by atoms with Crippen molar-refractivity contribution in [2.45, 2.75) is 6.92 Å². The van der Waals surface area contributed by atoms with Gasteiger partial charge in [0, 0.05) is 11.1 Å². The topological polar surface area (TPSA) is 37.4 Å². The van der Waals surface area contributed by atoms with Gasteiger partial charge in [0.25, 0.3) is 11.8 Å². The number of carbonyl (C=O) groups excluding carboxylic acids is 2. The third-order valence-electron chi connectivity index (χ3n) is 4.27. The number of fused-ring (bicyclic) bond motifs is 1. The van der Waals surface area contributed by atoms with Crippen molar-refractivity contribution in [1.82, 2.24) is 0 Å². The molecule has 0 spiro atoms. The number of hydrogen-bond acceptors (Lipinski definition) is 2. The Morgan fingerprint density at radius 1 is 0.692 bits per heavy atom. The van der Waals surface area contributed by atoms with Crippen LogP contribution in [0.15, 0.2) is 72.8 Å². The van der Waals surface area contributed by atoms with Gasteiger partial charge in [-0.1, -0.05) is 42.2 Å². The van der Waals surface area contributed by atoms with Gasteiger partial charge in [-0.05, 0) is 55.0 Å². The summed E-state index contributed by atoms with van der Waals surface area (Å²) in [6, 6.07) is 22.2. The Morgan fingerprint density at radius 2 is 1.42 bits per heavy atom. The first kappa shape index (κ1) is 15.9. The van der Waals surface area contributed by atoms with E-state index in [1.54, 1.807) is 24.3 Å². The number of imide groups is 1. The second kappa shape index (κ2) is 6.34. The lowest BCUT2D eigenvalue weighted by molar-refractivity contribution is 0.0926. The minimum absolute atomic E-state index is 0.293. The molecule has 0 aliphatic carbocycles. The molecule has 124 valence electrons. The molecule has 0 fully saturated rings. The van der Waals surface area contributed by atoms with Crippen LogP contribution in [0.2, 0.25) is 0 Å². The highest BCUT2D eigenvalue weighted by Gasteiger charge is 2.36. The molecule has 1 aliphatic rings. The van der Waals surface area contributed by atoms with Crippen molar-refractivity contribution in [2.75, 3.05) is 4.90 Å². The van der Waals surface area contributed by atoms with Gasteiger partial charge in [0.2, 0.25) is 0 Å². The number of aryl methyl sites for hydroxylation is 1. The van der Waals surface area contributed by atoms with E-state index >= 15 is 0 Å². The van der Waals surface area contributed by atoms with E-state index in [0.717, 1.165) is 11.1 Å². The van der Waals surface area contributed by atoms with Gasteiger partial charge in [-0.15, -0.1) is 0 Å². The van der Waals surface area contributed by atoms with Crippen molar-refractivity contribution in [2.24, 2.45) is 0 Å². The predicted octanol–water partition coefficient (Wildman–Crippen LogP) is 4.20. The van der Waals surface area contributed by atoms with Crippen LogP contribution in [0, 0.1) is 18.8 Å². The first-order chi connectivity index (χ1) is 12.6. The molecule has 1 aliphatic heterocycles. The highest BCUT2D eigenvalue weighted by Crippen LogP contribution is 2.29. The van der Waals surface area contributed by atoms with Crippen molar-refractivity contribution in [1.29, 1.82) is 0 Å². The second-order valence-electron chi connectivity index (χ2n) is 6.16. The second-order valence-corrected chi connectivity index (χ2v) is 6.16. The molecule has 0 saturated carbocycles. The van der Waals surface area contributed by atoms with Crippen LogP contribution >= 0.6 is 0 Å². The molecule has 0 atom stereocenters. The van der Waals surface area contributed by atoms with Crippen LogP contribution in [-0.2, 0) is 0 Å². The van der Waals surface area contributed by atoms with E-state index in [1.165, 1.54) is 4.90 Å². The smallest absolute Gasteiger partial charge is 0.266 e. The van der Waals surface area contributed by atoms with Gasteiger partial charge in [0.15, 0.2) is 0 Å². The number of nitrogens with zero attached hydrogens (tertiary/aromatic N) is 1. The Balaban J connectivity index is 1.70. The fourth-order valence-corrected chi connectivity index (χ4v) is 2.99. The summed E-state index contributed by atoms with van der Waals surface area (Å²) >= 11 is 0. The lowest BCUT2D eigenvalue weighted by Gasteiger charge is -2.14. The van der Waals surface area contributed by atoms with E-state index in [0.29, 0.717) is 22.4 Å². The standard InChI is InChI=1S/C23H15NO2/c1-16-6-5-9-19(14-16)24-22(25)20-13-12-18(15-21(20)23(24)26)11-10-17-7-3-2-4-8-17/h2-9,12-15H,1H3. The summed E-state index contributed by atoms with van der Waals surface area (Å²) in [6.45, 7) is 1.93. The largest absolute Gasteiger partial charge is 0.268 e. The number of hydrogen-bond donors (Lipinski definition) is 0. The fourth-order valence-electron chi connectivity index (χ4n) is 2.99. The van der Waals surface area contributed by atoms with E-state index in [-0.39, 0.29) is 11.8 Å². The summed E-state index contributed by atoms with van der Waals surface area (Å²) < 4.78 is 0. The van der Waals surface area contributed by atoms with Crippen LogP contribution in [0.4, 0.5) is 5.69 Å². The molecule has 0 aromatic heterocycles. The zero-order valence-corrected chi connectivity index (χ0v) is 14.2. The zero-order chi connectivity index (χ0) is 18.1. The van der Waals surface area contributed by atoms with Crippen LogP contribution in [0.25, 0.3) is 0 Å². The number of carbonyl (C=O) groups is 2. The molecule has 3 aromatic rings. The van der Waals surface area contributed by atoms with Crippen molar-refractivity contribution >= 4 is 17.5 Å². The summed E-state index contributed by atoms with van der Waals surface area (Å²) in [5.41, 5.74) is 4.01. The average molecular weight is 337 g/mol. The molecule has 3 heteroatoms. The molecular weight excluding hydrogens is 322 g/mol. The van der Waals surface area contributed by atoms with E-state index < -0.39 is 0 Å². The van der Waals surface area contributed by atoms with Crippen LogP contribution in [-0.4, -0.2) is 11.8 Å². The molecule has 1 heterocycles. The van der Waals surface area contributed by atoms with Gasteiger partial charge in [0.05, 0.1) is 16.8 Å². The molecule has 0 radical (unpaired) electrons. The number of benzene rings is 3. The molecule has 0 unspecified atom stereocenters. The summed E-state index contributed by atoms with van der Waals surface area (Å²) in [5.74, 6) is 5.53. The monoisotopic (exact) mass is 337 g/mol. The summed E-state index contributed by atoms with van der Waals surface area (Å²) in [4.78, 5) is 26.7. The summed E-state index contributed by atoms with van der Waals surface area (Å²) in [7, 11) is 0. The van der Waals surface area contributed by atoms with Crippen LogP contribution in [0.3, 0.4) is 0 Å². The quantitative estimate of drug-likeness (QED) is 0.493. The summed E-state index contributed by atoms with van der Waals surface area (Å²) in [5, 5.41) is 0. The Kier molecular flexibility index (Phi) is 3.87. The SMILES string of the molecule is Cc1cccc(N2C(=O)c3ccc(C#Cc4ccccc4)cc3C2=O)c1. The van der Waals surface area contributed by atoms with Crippen molar-refractivity contribution in [3.8, 4) is 11.8 Å². The summed E-state index contributed by atoms with van der Waals surface area (Å²) in [6.07, 6.45) is 0. The van der Waals surface area contributed by atoms with E-state index in [1.807, 2.05) is 55.5 Å². The molecular formula is C23H15NO2. The molecule has 3 aromatic carbocycles. The van der Waals surface area contributed by atoms with E-state index in [2.05, 4.69) is 11.8 Å². The molecule has 3 nitrogen and oxygen atoms in total. The van der Waals surface area contributed by atoms with Crippen LogP contribution in [0.5, 0.6) is 0 Å². The zero-order valence-electron chi connectivity index (χ0n) is 14.2. The highest BCUT2D eigenvalue weighted by atomic mass is 16.2. The first-order valence-electron chi connectivity index (χ1n) is 8.30. The van der Waals surface area contributed by atoms with Gasteiger partial charge >= 0.3 is 0 Å². The number of anilines is 1. The first-order valence-corrected chi connectivity index (χ1v) is 8.30. The van der Waals surface area contributed by atoms with Gasteiger partial charge in [-0.25, -0.2) is 4.90 Å². The number of rotatable bonds is 1. The van der Waals surface area contributed by atoms with Crippen molar-refractivity contribution < 1.29 is 9.59 Å². The third kappa shape index (κ3) is 2.78. The fraction of sp³-hybridized carbons (Fsp3) is 0.0435. The lowest BCUT2D eigenvalue weighted by atomic mass is 10.1. The average Bonchev–Trinajstić information content (AvgIpc) is 2.91. The van der Waals surface area contributed by atoms with Crippen LogP contribution in [0.1, 0.15) is 37.4 Å². The molecule has 0 N–H and O–H groups in total. The number of amides is 2. The van der Waals surface area contributed by atoms with Gasteiger partial charge in [-0.2, -0.15) is 0 Å². The molecule has 0 bridgehead atoms. The van der Waals surface area contributed by atoms with Gasteiger partial charge in [-0.3, -0.25) is 9.59 Å². The van der Waals surface area contributed by atoms with E-state index in [4.69, 9.17) is 0 Å². The Hall–Kier alpha value is -3.64. The Labute approximate surface area is 151 Å².